The second-order valence-electron chi connectivity index (χ2n) is 5.36. The van der Waals surface area contributed by atoms with Gasteiger partial charge in [0, 0.05) is 17.9 Å². The molecule has 1 aromatic carbocycles. The van der Waals surface area contributed by atoms with E-state index in [0.717, 1.165) is 29.5 Å². The molecule has 0 spiro atoms. The molecular formula is C16H25O2P. The number of hydrogen-bond acceptors (Lipinski definition) is 2. The quantitative estimate of drug-likeness (QED) is 0.692. The molecule has 0 aliphatic rings. The summed E-state index contributed by atoms with van der Waals surface area (Å²) in [7, 11) is -2.74. The first-order valence-corrected chi connectivity index (χ1v) is 9.14. The lowest BCUT2D eigenvalue weighted by molar-refractivity contribution is 0.107. The maximum absolute atomic E-state index is 12.9. The van der Waals surface area contributed by atoms with Crippen molar-refractivity contribution in [3.8, 4) is 0 Å². The van der Waals surface area contributed by atoms with Gasteiger partial charge in [-0.15, -0.1) is 0 Å². The first-order chi connectivity index (χ1) is 8.85. The molecule has 0 heterocycles. The van der Waals surface area contributed by atoms with Crippen LogP contribution in [0.4, 0.5) is 0 Å². The molecule has 0 saturated heterocycles. The SMILES string of the molecule is CCCCP(=O)(CC)C(=O)c1c(C)cc(C)cc1C. The summed E-state index contributed by atoms with van der Waals surface area (Å²) in [6.45, 7) is 9.82. The zero-order valence-electron chi connectivity index (χ0n) is 12.7. The van der Waals surface area contributed by atoms with Crippen molar-refractivity contribution in [3.63, 3.8) is 0 Å². The van der Waals surface area contributed by atoms with E-state index in [1.165, 1.54) is 0 Å². The lowest BCUT2D eigenvalue weighted by Crippen LogP contribution is -2.10. The zero-order chi connectivity index (χ0) is 14.6. The van der Waals surface area contributed by atoms with Gasteiger partial charge in [-0.3, -0.25) is 4.79 Å². The summed E-state index contributed by atoms with van der Waals surface area (Å²) in [4.78, 5) is 12.7. The van der Waals surface area contributed by atoms with E-state index in [2.05, 4.69) is 6.92 Å². The summed E-state index contributed by atoms with van der Waals surface area (Å²) < 4.78 is 12.9. The predicted molar refractivity (Wildman–Crippen MR) is 82.9 cm³/mol. The third-order valence-electron chi connectivity index (χ3n) is 3.64. The van der Waals surface area contributed by atoms with E-state index in [1.54, 1.807) is 0 Å². The van der Waals surface area contributed by atoms with Crippen molar-refractivity contribution in [2.24, 2.45) is 0 Å². The Kier molecular flexibility index (Phi) is 5.55. The van der Waals surface area contributed by atoms with Gasteiger partial charge >= 0.3 is 0 Å². The van der Waals surface area contributed by atoms with Crippen LogP contribution in [0.2, 0.25) is 0 Å². The Balaban J connectivity index is 3.22. The smallest absolute Gasteiger partial charge is 0.221 e. The molecule has 0 radical (unpaired) electrons. The van der Waals surface area contributed by atoms with E-state index < -0.39 is 7.14 Å². The lowest BCUT2D eigenvalue weighted by Gasteiger charge is -2.18. The number of aryl methyl sites for hydroxylation is 3. The molecule has 3 heteroatoms. The van der Waals surface area contributed by atoms with Crippen LogP contribution in [0.3, 0.4) is 0 Å². The van der Waals surface area contributed by atoms with E-state index in [9.17, 15) is 9.36 Å². The number of hydrogen-bond donors (Lipinski definition) is 0. The van der Waals surface area contributed by atoms with Gasteiger partial charge in [0.2, 0.25) is 5.52 Å². The van der Waals surface area contributed by atoms with Crippen LogP contribution in [0.15, 0.2) is 12.1 Å². The van der Waals surface area contributed by atoms with Crippen molar-refractivity contribution >= 4 is 12.7 Å². The molecule has 0 N–H and O–H groups in total. The molecule has 0 aromatic heterocycles. The summed E-state index contributed by atoms with van der Waals surface area (Å²) in [5.74, 6) is 0. The maximum atomic E-state index is 12.9. The molecule has 1 unspecified atom stereocenters. The van der Waals surface area contributed by atoms with Crippen LogP contribution in [0.1, 0.15) is 53.7 Å². The highest BCUT2D eigenvalue weighted by Gasteiger charge is 2.31. The molecule has 0 saturated carbocycles. The van der Waals surface area contributed by atoms with E-state index in [4.69, 9.17) is 0 Å². The molecule has 0 aliphatic carbocycles. The fourth-order valence-corrected chi connectivity index (χ4v) is 4.93. The van der Waals surface area contributed by atoms with Gasteiger partial charge in [0.25, 0.3) is 0 Å². The minimum absolute atomic E-state index is 0.113. The van der Waals surface area contributed by atoms with E-state index >= 15 is 0 Å². The molecule has 1 rings (SSSR count). The second-order valence-corrected chi connectivity index (χ2v) is 8.63. The fraction of sp³-hybridized carbons (Fsp3) is 0.562. The molecule has 0 fully saturated rings. The molecule has 0 aliphatic heterocycles. The number of rotatable bonds is 6. The lowest BCUT2D eigenvalue weighted by atomic mass is 10.0. The van der Waals surface area contributed by atoms with Gasteiger partial charge in [0.05, 0.1) is 0 Å². The summed E-state index contributed by atoms with van der Waals surface area (Å²) >= 11 is 0. The van der Waals surface area contributed by atoms with Crippen LogP contribution < -0.4 is 0 Å². The monoisotopic (exact) mass is 280 g/mol. The standard InChI is InChI=1S/C16H25O2P/c1-6-8-9-19(18,7-2)16(17)15-13(4)10-12(3)11-14(15)5/h10-11H,6-9H2,1-5H3. The van der Waals surface area contributed by atoms with Gasteiger partial charge in [-0.2, -0.15) is 0 Å². The largest absolute Gasteiger partial charge is 0.315 e. The van der Waals surface area contributed by atoms with Crippen molar-refractivity contribution in [2.75, 3.05) is 12.3 Å². The van der Waals surface area contributed by atoms with Crippen LogP contribution in [0.5, 0.6) is 0 Å². The van der Waals surface area contributed by atoms with Crippen molar-refractivity contribution in [1.82, 2.24) is 0 Å². The molecular weight excluding hydrogens is 255 g/mol. The van der Waals surface area contributed by atoms with Crippen molar-refractivity contribution < 1.29 is 9.36 Å². The number of benzene rings is 1. The van der Waals surface area contributed by atoms with Gasteiger partial charge in [-0.05, 0) is 38.3 Å². The Morgan fingerprint density at radius 2 is 1.63 bits per heavy atom. The highest BCUT2D eigenvalue weighted by molar-refractivity contribution is 7.81. The Morgan fingerprint density at radius 3 is 2.05 bits per heavy atom. The topological polar surface area (TPSA) is 34.1 Å². The van der Waals surface area contributed by atoms with Crippen molar-refractivity contribution in [2.45, 2.75) is 47.5 Å². The average molecular weight is 280 g/mol. The summed E-state index contributed by atoms with van der Waals surface area (Å²) in [6.07, 6.45) is 2.86. The van der Waals surface area contributed by atoms with Crippen LogP contribution in [0, 0.1) is 20.8 Å². The van der Waals surface area contributed by atoms with E-state index in [0.29, 0.717) is 17.9 Å². The number of carbonyl (C=O) groups is 1. The highest BCUT2D eigenvalue weighted by Crippen LogP contribution is 2.50. The zero-order valence-corrected chi connectivity index (χ0v) is 13.6. The molecule has 0 bridgehead atoms. The Labute approximate surface area is 117 Å². The second kappa shape index (κ2) is 6.52. The molecule has 106 valence electrons. The van der Waals surface area contributed by atoms with Crippen LogP contribution in [0.25, 0.3) is 0 Å². The first-order valence-electron chi connectivity index (χ1n) is 7.06. The van der Waals surface area contributed by atoms with Gasteiger partial charge < -0.3 is 4.57 Å². The summed E-state index contributed by atoms with van der Waals surface area (Å²) in [6, 6.07) is 4.00. The van der Waals surface area contributed by atoms with E-state index in [1.807, 2.05) is 39.8 Å². The molecule has 2 nitrogen and oxygen atoms in total. The van der Waals surface area contributed by atoms with Gasteiger partial charge in [-0.1, -0.05) is 38.0 Å². The molecule has 1 atom stereocenters. The summed E-state index contributed by atoms with van der Waals surface area (Å²) in [5, 5.41) is 0. The Morgan fingerprint density at radius 1 is 1.11 bits per heavy atom. The van der Waals surface area contributed by atoms with Crippen LogP contribution in [-0.4, -0.2) is 17.8 Å². The first kappa shape index (κ1) is 16.2. The summed E-state index contributed by atoms with van der Waals surface area (Å²) in [5.41, 5.74) is 3.62. The van der Waals surface area contributed by atoms with Gasteiger partial charge in [0.1, 0.15) is 0 Å². The molecule has 0 amide bonds. The third-order valence-corrected chi connectivity index (χ3v) is 6.67. The fourth-order valence-electron chi connectivity index (χ4n) is 2.54. The van der Waals surface area contributed by atoms with Gasteiger partial charge in [0.15, 0.2) is 7.14 Å². The minimum Gasteiger partial charge on any atom is -0.315 e. The highest BCUT2D eigenvalue weighted by atomic mass is 31.2. The van der Waals surface area contributed by atoms with Crippen LogP contribution in [-0.2, 0) is 4.57 Å². The predicted octanol–water partition coefficient (Wildman–Crippen LogP) is 4.94. The van der Waals surface area contributed by atoms with Crippen LogP contribution >= 0.6 is 7.14 Å². The average Bonchev–Trinajstić information content (AvgIpc) is 2.34. The van der Waals surface area contributed by atoms with E-state index in [-0.39, 0.29) is 5.52 Å². The molecule has 19 heavy (non-hydrogen) atoms. The van der Waals surface area contributed by atoms with Crippen molar-refractivity contribution in [3.05, 3.63) is 34.4 Å². The maximum Gasteiger partial charge on any atom is 0.221 e. The van der Waals surface area contributed by atoms with Crippen molar-refractivity contribution in [1.29, 1.82) is 0 Å². The minimum atomic E-state index is -2.74. The number of unbranched alkanes of at least 4 members (excludes halogenated alkanes) is 1. The molecule has 1 aromatic rings. The Hall–Kier alpha value is -0.880. The Bertz CT molecular complexity index is 494. The number of carbonyl (C=O) groups excluding carboxylic acids is 1. The third kappa shape index (κ3) is 3.57. The normalized spacial score (nSPS) is 14.2. The van der Waals surface area contributed by atoms with Gasteiger partial charge in [-0.25, -0.2) is 0 Å².